The largest absolute Gasteiger partial charge is 0.491 e. The van der Waals surface area contributed by atoms with Crippen molar-refractivity contribution >= 4 is 11.7 Å². The number of hydrogen-bond acceptors (Lipinski definition) is 6. The van der Waals surface area contributed by atoms with Crippen molar-refractivity contribution in [1.82, 2.24) is 10.3 Å². The third-order valence-electron chi connectivity index (χ3n) is 6.26. The number of ketones is 1. The molecule has 2 aromatic rings. The second-order valence-electron chi connectivity index (χ2n) is 9.40. The SMILES string of the molecule is CC(C)CCC(=O)c1ccc(Cc2cc(C(=O)N[C@H]3CCOC[C@@H]3O)nc3c2OCC3)cc1F. The Kier molecular flexibility index (Phi) is 7.58. The van der Waals surface area contributed by atoms with Gasteiger partial charge in [0.05, 0.1) is 36.6 Å². The molecule has 0 bridgehead atoms. The summed E-state index contributed by atoms with van der Waals surface area (Å²) in [7, 11) is 0. The van der Waals surface area contributed by atoms with Crippen LogP contribution in [0.15, 0.2) is 24.3 Å². The van der Waals surface area contributed by atoms with Crippen LogP contribution in [0.2, 0.25) is 0 Å². The van der Waals surface area contributed by atoms with Gasteiger partial charge in [0.2, 0.25) is 0 Å². The van der Waals surface area contributed by atoms with Crippen LogP contribution in [-0.2, 0) is 17.6 Å². The molecule has 3 heterocycles. The summed E-state index contributed by atoms with van der Waals surface area (Å²) >= 11 is 0. The summed E-state index contributed by atoms with van der Waals surface area (Å²) in [4.78, 5) is 29.7. The molecule has 4 rings (SSSR count). The maximum absolute atomic E-state index is 14.7. The topological polar surface area (TPSA) is 97.8 Å². The number of halogens is 1. The highest BCUT2D eigenvalue weighted by atomic mass is 19.1. The lowest BCUT2D eigenvalue weighted by atomic mass is 9.97. The molecule has 1 amide bonds. The molecule has 7 nitrogen and oxygen atoms in total. The number of aliphatic hydroxyl groups excluding tert-OH is 1. The summed E-state index contributed by atoms with van der Waals surface area (Å²) in [6, 6.07) is 5.92. The van der Waals surface area contributed by atoms with Gasteiger partial charge in [0.1, 0.15) is 17.3 Å². The number of nitrogens with one attached hydrogen (secondary N) is 1. The number of nitrogens with zero attached hydrogens (tertiary/aromatic N) is 1. The number of amides is 1. The second-order valence-corrected chi connectivity index (χ2v) is 9.40. The molecule has 1 aromatic heterocycles. The minimum absolute atomic E-state index is 0.107. The van der Waals surface area contributed by atoms with E-state index in [1.165, 1.54) is 12.1 Å². The first kappa shape index (κ1) is 24.3. The molecule has 2 N–H and O–H groups in total. The molecule has 0 spiro atoms. The minimum Gasteiger partial charge on any atom is -0.491 e. The standard InChI is InChI=1S/C26H31FN2O5/c1-15(2)3-6-23(30)18-5-4-16(12-19(18)27)11-17-13-22(28-21-8-10-34-25(17)21)26(32)29-20-7-9-33-14-24(20)31/h4-5,12-13,15,20,24,31H,3,6-11,14H2,1-2H3,(H,29,32)/t20-,24-/m0/s1. The second kappa shape index (κ2) is 10.6. The first-order valence-corrected chi connectivity index (χ1v) is 11.9. The molecule has 0 unspecified atom stereocenters. The van der Waals surface area contributed by atoms with Gasteiger partial charge >= 0.3 is 0 Å². The number of aromatic nitrogens is 1. The molecule has 2 atom stereocenters. The molecule has 1 saturated heterocycles. The Balaban J connectivity index is 1.53. The van der Waals surface area contributed by atoms with Gasteiger partial charge in [0, 0.05) is 31.4 Å². The minimum atomic E-state index is -0.764. The van der Waals surface area contributed by atoms with Gasteiger partial charge in [-0.1, -0.05) is 19.9 Å². The van der Waals surface area contributed by atoms with Crippen molar-refractivity contribution in [3.8, 4) is 5.75 Å². The van der Waals surface area contributed by atoms with Crippen LogP contribution in [0.5, 0.6) is 5.75 Å². The first-order valence-electron chi connectivity index (χ1n) is 11.9. The van der Waals surface area contributed by atoms with E-state index in [0.29, 0.717) is 61.8 Å². The molecule has 2 aliphatic heterocycles. The zero-order valence-electron chi connectivity index (χ0n) is 19.6. The van der Waals surface area contributed by atoms with Crippen molar-refractivity contribution in [2.75, 3.05) is 19.8 Å². The van der Waals surface area contributed by atoms with Crippen molar-refractivity contribution < 1.29 is 28.6 Å². The number of ether oxygens (including phenoxy) is 2. The molecule has 0 aliphatic carbocycles. The van der Waals surface area contributed by atoms with E-state index < -0.39 is 18.0 Å². The number of pyridine rings is 1. The number of benzene rings is 1. The Hall–Kier alpha value is -2.84. The molecular weight excluding hydrogens is 439 g/mol. The smallest absolute Gasteiger partial charge is 0.270 e. The first-order chi connectivity index (χ1) is 16.3. The van der Waals surface area contributed by atoms with Gasteiger partial charge in [-0.25, -0.2) is 9.37 Å². The summed E-state index contributed by atoms with van der Waals surface area (Å²) < 4.78 is 25.7. The lowest BCUT2D eigenvalue weighted by Gasteiger charge is -2.28. The summed E-state index contributed by atoms with van der Waals surface area (Å²) in [5.74, 6) is -0.106. The van der Waals surface area contributed by atoms with Crippen molar-refractivity contribution in [2.24, 2.45) is 5.92 Å². The van der Waals surface area contributed by atoms with Crippen LogP contribution in [0.3, 0.4) is 0 Å². The van der Waals surface area contributed by atoms with Crippen LogP contribution in [0.1, 0.15) is 70.8 Å². The van der Waals surface area contributed by atoms with Crippen LogP contribution < -0.4 is 10.1 Å². The van der Waals surface area contributed by atoms with Gasteiger partial charge in [0.25, 0.3) is 5.91 Å². The van der Waals surface area contributed by atoms with Gasteiger partial charge in [-0.2, -0.15) is 0 Å². The van der Waals surface area contributed by atoms with Crippen molar-refractivity contribution in [3.63, 3.8) is 0 Å². The van der Waals surface area contributed by atoms with E-state index >= 15 is 0 Å². The van der Waals surface area contributed by atoms with E-state index in [4.69, 9.17) is 9.47 Å². The normalized spacial score (nSPS) is 19.6. The highest BCUT2D eigenvalue weighted by Crippen LogP contribution is 2.31. The zero-order valence-corrected chi connectivity index (χ0v) is 19.6. The predicted octanol–water partition coefficient (Wildman–Crippen LogP) is 3.24. The number of aliphatic hydroxyl groups is 1. The van der Waals surface area contributed by atoms with Crippen LogP contribution in [0.4, 0.5) is 4.39 Å². The third kappa shape index (κ3) is 5.62. The van der Waals surface area contributed by atoms with Crippen molar-refractivity contribution in [3.05, 3.63) is 58.2 Å². The summed E-state index contributed by atoms with van der Waals surface area (Å²) in [6.45, 7) is 5.19. The Morgan fingerprint density at radius 2 is 2.09 bits per heavy atom. The van der Waals surface area contributed by atoms with Crippen molar-refractivity contribution in [2.45, 2.75) is 58.1 Å². The highest BCUT2D eigenvalue weighted by Gasteiger charge is 2.28. The van der Waals surface area contributed by atoms with E-state index in [2.05, 4.69) is 10.3 Å². The molecule has 1 aromatic carbocycles. The molecule has 0 saturated carbocycles. The molecule has 34 heavy (non-hydrogen) atoms. The van der Waals surface area contributed by atoms with E-state index in [9.17, 15) is 19.1 Å². The van der Waals surface area contributed by atoms with Crippen LogP contribution in [0, 0.1) is 11.7 Å². The predicted molar refractivity (Wildman–Crippen MR) is 124 cm³/mol. The lowest BCUT2D eigenvalue weighted by Crippen LogP contribution is -2.48. The molecule has 2 aliphatic rings. The summed E-state index contributed by atoms with van der Waals surface area (Å²) in [6.07, 6.45) is 1.72. The summed E-state index contributed by atoms with van der Waals surface area (Å²) in [5.41, 5.74) is 2.44. The van der Waals surface area contributed by atoms with Crippen molar-refractivity contribution in [1.29, 1.82) is 0 Å². The van der Waals surface area contributed by atoms with Gasteiger partial charge in [-0.3, -0.25) is 9.59 Å². The average Bonchev–Trinajstić information content (AvgIpc) is 3.28. The fourth-order valence-corrected chi connectivity index (χ4v) is 4.29. The van der Waals surface area contributed by atoms with Crippen LogP contribution in [-0.4, -0.2) is 53.7 Å². The molecular formula is C26H31FN2O5. The number of carbonyl (C=O) groups excluding carboxylic acids is 2. The molecule has 1 fully saturated rings. The molecule has 0 radical (unpaired) electrons. The number of carbonyl (C=O) groups is 2. The number of rotatable bonds is 8. The van der Waals surface area contributed by atoms with E-state index in [1.807, 2.05) is 13.8 Å². The fourth-order valence-electron chi connectivity index (χ4n) is 4.29. The van der Waals surface area contributed by atoms with E-state index in [1.54, 1.807) is 12.1 Å². The Morgan fingerprint density at radius 1 is 1.26 bits per heavy atom. The van der Waals surface area contributed by atoms with Crippen LogP contribution in [0.25, 0.3) is 0 Å². The monoisotopic (exact) mass is 470 g/mol. The molecule has 8 heteroatoms. The average molecular weight is 471 g/mol. The quantitative estimate of drug-likeness (QED) is 0.575. The fraction of sp³-hybridized carbons (Fsp3) is 0.500. The van der Waals surface area contributed by atoms with Gasteiger partial charge in [-0.05, 0) is 42.5 Å². The van der Waals surface area contributed by atoms with Gasteiger partial charge in [-0.15, -0.1) is 0 Å². The lowest BCUT2D eigenvalue weighted by molar-refractivity contribution is -0.0261. The van der Waals surface area contributed by atoms with Crippen LogP contribution >= 0.6 is 0 Å². The highest BCUT2D eigenvalue weighted by molar-refractivity contribution is 5.96. The number of Topliss-reactive ketones (excluding diaryl/α,β-unsaturated/α-hetero) is 1. The third-order valence-corrected chi connectivity index (χ3v) is 6.26. The maximum Gasteiger partial charge on any atom is 0.270 e. The van der Waals surface area contributed by atoms with E-state index in [0.717, 1.165) is 12.0 Å². The Morgan fingerprint density at radius 3 is 2.82 bits per heavy atom. The Labute approximate surface area is 198 Å². The number of hydrogen-bond donors (Lipinski definition) is 2. The van der Waals surface area contributed by atoms with Gasteiger partial charge in [0.15, 0.2) is 5.78 Å². The molecule has 182 valence electrons. The van der Waals surface area contributed by atoms with E-state index in [-0.39, 0.29) is 29.6 Å². The number of fused-ring (bicyclic) bond motifs is 1. The summed E-state index contributed by atoms with van der Waals surface area (Å²) in [5, 5.41) is 12.9. The maximum atomic E-state index is 14.7. The zero-order chi connectivity index (χ0) is 24.2. The van der Waals surface area contributed by atoms with Gasteiger partial charge < -0.3 is 19.9 Å². The Bertz CT molecular complexity index is 1070.